The molecule has 2 aromatic carbocycles. The Morgan fingerprint density at radius 2 is 1.74 bits per heavy atom. The lowest BCUT2D eigenvalue weighted by Gasteiger charge is -2.25. The first-order valence-corrected chi connectivity index (χ1v) is 10.3. The van der Waals surface area contributed by atoms with E-state index in [4.69, 9.17) is 13.9 Å². The molecule has 0 saturated heterocycles. The standard InChI is InChI=1S/C26H29NO4/c1-26(2,3)31-25(28)27(22-12-14-23(29-4)15-13-22)17-16-21(24-11-8-18-30-24)19-20-9-6-5-7-10-20/h5-18,21H,19H2,1-4H3/b17-16-/t21-/m1/s1. The first-order chi connectivity index (χ1) is 14.9. The maximum atomic E-state index is 13.0. The zero-order valence-corrected chi connectivity index (χ0v) is 18.4. The summed E-state index contributed by atoms with van der Waals surface area (Å²) >= 11 is 0. The summed E-state index contributed by atoms with van der Waals surface area (Å²) in [5.41, 5.74) is 1.26. The van der Waals surface area contributed by atoms with Gasteiger partial charge in [-0.25, -0.2) is 4.79 Å². The predicted molar refractivity (Wildman–Crippen MR) is 122 cm³/mol. The van der Waals surface area contributed by atoms with Gasteiger partial charge in [0.05, 0.1) is 19.1 Å². The molecule has 0 N–H and O–H groups in total. The van der Waals surface area contributed by atoms with Crippen LogP contribution in [0.15, 0.2) is 89.7 Å². The maximum absolute atomic E-state index is 13.0. The van der Waals surface area contributed by atoms with Crippen molar-refractivity contribution in [3.05, 3.63) is 96.6 Å². The van der Waals surface area contributed by atoms with Crippen LogP contribution >= 0.6 is 0 Å². The summed E-state index contributed by atoms with van der Waals surface area (Å²) < 4.78 is 16.5. The van der Waals surface area contributed by atoms with Crippen molar-refractivity contribution in [2.24, 2.45) is 0 Å². The van der Waals surface area contributed by atoms with Crippen LogP contribution in [0.2, 0.25) is 0 Å². The Hall–Kier alpha value is -3.47. The summed E-state index contributed by atoms with van der Waals surface area (Å²) in [5.74, 6) is 1.51. The van der Waals surface area contributed by atoms with Gasteiger partial charge in [0.2, 0.25) is 0 Å². The lowest BCUT2D eigenvalue weighted by Crippen LogP contribution is -2.33. The lowest BCUT2D eigenvalue weighted by molar-refractivity contribution is 0.0596. The zero-order chi connectivity index (χ0) is 22.3. The lowest BCUT2D eigenvalue weighted by atomic mass is 9.97. The Bertz CT molecular complexity index is 971. The van der Waals surface area contributed by atoms with Gasteiger partial charge in [-0.2, -0.15) is 0 Å². The first-order valence-electron chi connectivity index (χ1n) is 10.3. The Kier molecular flexibility index (Phi) is 7.19. The number of amides is 1. The van der Waals surface area contributed by atoms with E-state index < -0.39 is 11.7 Å². The van der Waals surface area contributed by atoms with Crippen LogP contribution in [0.4, 0.5) is 10.5 Å². The third-order valence-corrected chi connectivity index (χ3v) is 4.62. The second kappa shape index (κ2) is 10.0. The number of carbonyl (C=O) groups is 1. The zero-order valence-electron chi connectivity index (χ0n) is 18.4. The molecule has 162 valence electrons. The summed E-state index contributed by atoms with van der Waals surface area (Å²) in [6.07, 6.45) is 5.68. The van der Waals surface area contributed by atoms with Crippen LogP contribution in [-0.4, -0.2) is 18.8 Å². The van der Waals surface area contributed by atoms with E-state index in [9.17, 15) is 4.79 Å². The van der Waals surface area contributed by atoms with Gasteiger partial charge in [0.1, 0.15) is 17.1 Å². The summed E-state index contributed by atoms with van der Waals surface area (Å²) in [4.78, 5) is 14.5. The number of methoxy groups -OCH3 is 1. The van der Waals surface area contributed by atoms with E-state index in [0.29, 0.717) is 5.69 Å². The molecule has 0 aliphatic heterocycles. The molecule has 3 aromatic rings. The molecule has 0 spiro atoms. The summed E-state index contributed by atoms with van der Waals surface area (Å²) in [6.45, 7) is 5.55. The van der Waals surface area contributed by atoms with Crippen molar-refractivity contribution in [1.82, 2.24) is 0 Å². The predicted octanol–water partition coefficient (Wildman–Crippen LogP) is 6.57. The first kappa shape index (κ1) is 22.2. The largest absolute Gasteiger partial charge is 0.497 e. The van der Waals surface area contributed by atoms with Crippen molar-refractivity contribution in [2.75, 3.05) is 12.0 Å². The van der Waals surface area contributed by atoms with Crippen LogP contribution in [0.5, 0.6) is 5.75 Å². The number of nitrogens with zero attached hydrogens (tertiary/aromatic N) is 1. The number of allylic oxidation sites excluding steroid dienone is 1. The molecule has 0 radical (unpaired) electrons. The van der Waals surface area contributed by atoms with Crippen LogP contribution in [0, 0.1) is 0 Å². The molecule has 5 heteroatoms. The second-order valence-corrected chi connectivity index (χ2v) is 8.20. The van der Waals surface area contributed by atoms with E-state index >= 15 is 0 Å². The molecule has 0 bridgehead atoms. The Balaban J connectivity index is 1.91. The molecule has 3 rings (SSSR count). The van der Waals surface area contributed by atoms with E-state index in [1.165, 1.54) is 10.5 Å². The molecule has 1 aromatic heterocycles. The minimum atomic E-state index is -0.611. The van der Waals surface area contributed by atoms with E-state index in [-0.39, 0.29) is 5.92 Å². The fraction of sp³-hybridized carbons (Fsp3) is 0.269. The number of anilines is 1. The van der Waals surface area contributed by atoms with Gasteiger partial charge in [0.15, 0.2) is 0 Å². The minimum absolute atomic E-state index is 0.0411. The molecule has 31 heavy (non-hydrogen) atoms. The average Bonchev–Trinajstić information content (AvgIpc) is 3.28. The van der Waals surface area contributed by atoms with Crippen LogP contribution in [0.3, 0.4) is 0 Å². The topological polar surface area (TPSA) is 51.9 Å². The van der Waals surface area contributed by atoms with E-state index in [1.807, 2.05) is 81.4 Å². The fourth-order valence-corrected chi connectivity index (χ4v) is 3.13. The smallest absolute Gasteiger partial charge is 0.418 e. The van der Waals surface area contributed by atoms with Crippen molar-refractivity contribution >= 4 is 11.8 Å². The van der Waals surface area contributed by atoms with Gasteiger partial charge in [-0.15, -0.1) is 0 Å². The van der Waals surface area contributed by atoms with Crippen LogP contribution in [0.1, 0.15) is 38.0 Å². The normalized spacial score (nSPS) is 12.5. The quantitative estimate of drug-likeness (QED) is 0.435. The van der Waals surface area contributed by atoms with Gasteiger partial charge in [-0.3, -0.25) is 4.90 Å². The van der Waals surface area contributed by atoms with Crippen molar-refractivity contribution < 1.29 is 18.7 Å². The number of carbonyl (C=O) groups excluding carboxylic acids is 1. The van der Waals surface area contributed by atoms with Gasteiger partial charge in [-0.05, 0) is 69.2 Å². The molecule has 0 aliphatic rings. The van der Waals surface area contributed by atoms with Crippen molar-refractivity contribution in [3.8, 4) is 5.75 Å². The number of rotatable bonds is 7. The van der Waals surface area contributed by atoms with Crippen LogP contribution < -0.4 is 9.64 Å². The molecule has 0 saturated carbocycles. The number of hydrogen-bond acceptors (Lipinski definition) is 4. The monoisotopic (exact) mass is 419 g/mol. The second-order valence-electron chi connectivity index (χ2n) is 8.20. The third-order valence-electron chi connectivity index (χ3n) is 4.62. The number of hydrogen-bond donors (Lipinski definition) is 0. The van der Waals surface area contributed by atoms with E-state index in [2.05, 4.69) is 12.1 Å². The highest BCUT2D eigenvalue weighted by Crippen LogP contribution is 2.26. The molecule has 1 heterocycles. The molecule has 1 amide bonds. The third kappa shape index (κ3) is 6.51. The summed E-state index contributed by atoms with van der Waals surface area (Å²) in [7, 11) is 1.61. The number of ether oxygens (including phenoxy) is 2. The van der Waals surface area contributed by atoms with Crippen molar-refractivity contribution in [3.63, 3.8) is 0 Å². The Morgan fingerprint density at radius 3 is 2.32 bits per heavy atom. The summed E-state index contributed by atoms with van der Waals surface area (Å²) in [5, 5.41) is 0. The van der Waals surface area contributed by atoms with Crippen LogP contribution in [0.25, 0.3) is 0 Å². The highest BCUT2D eigenvalue weighted by atomic mass is 16.6. The van der Waals surface area contributed by atoms with Crippen molar-refractivity contribution in [2.45, 2.75) is 38.7 Å². The molecule has 0 unspecified atom stereocenters. The highest BCUT2D eigenvalue weighted by molar-refractivity contribution is 5.90. The van der Waals surface area contributed by atoms with Gasteiger partial charge in [0.25, 0.3) is 0 Å². The molecule has 5 nitrogen and oxygen atoms in total. The Morgan fingerprint density at radius 1 is 1.03 bits per heavy atom. The maximum Gasteiger partial charge on any atom is 0.418 e. The molecule has 0 fully saturated rings. The van der Waals surface area contributed by atoms with E-state index in [1.54, 1.807) is 19.6 Å². The number of furan rings is 1. The molecular formula is C26H29NO4. The average molecular weight is 420 g/mol. The van der Waals surface area contributed by atoms with Crippen LogP contribution in [-0.2, 0) is 11.2 Å². The van der Waals surface area contributed by atoms with Gasteiger partial charge in [0, 0.05) is 12.1 Å². The number of benzene rings is 2. The SMILES string of the molecule is COc1ccc(N(/C=C\[C@H](Cc2ccccc2)c2ccco2)C(=O)OC(C)(C)C)cc1. The molecule has 1 atom stereocenters. The fourth-order valence-electron chi connectivity index (χ4n) is 3.13. The Labute approximate surface area is 183 Å². The highest BCUT2D eigenvalue weighted by Gasteiger charge is 2.23. The van der Waals surface area contributed by atoms with E-state index in [0.717, 1.165) is 17.9 Å². The molecular weight excluding hydrogens is 390 g/mol. The van der Waals surface area contributed by atoms with Gasteiger partial charge < -0.3 is 13.9 Å². The molecule has 0 aliphatic carbocycles. The van der Waals surface area contributed by atoms with Gasteiger partial charge >= 0.3 is 6.09 Å². The summed E-state index contributed by atoms with van der Waals surface area (Å²) in [6, 6.07) is 21.3. The minimum Gasteiger partial charge on any atom is -0.497 e. The van der Waals surface area contributed by atoms with Crippen molar-refractivity contribution in [1.29, 1.82) is 0 Å². The van der Waals surface area contributed by atoms with Gasteiger partial charge in [-0.1, -0.05) is 36.4 Å².